The molecule has 0 aliphatic carbocycles. The van der Waals surface area contributed by atoms with E-state index in [0.717, 1.165) is 5.56 Å². The highest BCUT2D eigenvalue weighted by molar-refractivity contribution is 7.86. The maximum Gasteiger partial charge on any atom is 0.297 e. The average molecular weight is 322 g/mol. The lowest BCUT2D eigenvalue weighted by molar-refractivity contribution is 0.201. The van der Waals surface area contributed by atoms with E-state index in [9.17, 15) is 8.42 Å². The molecular weight excluding hydrogens is 300 g/mol. The van der Waals surface area contributed by atoms with Gasteiger partial charge in [0.1, 0.15) is 0 Å². The molecular formula is C17H22O4S. The molecule has 0 saturated carbocycles. The van der Waals surface area contributed by atoms with E-state index < -0.39 is 16.2 Å². The summed E-state index contributed by atoms with van der Waals surface area (Å²) in [6, 6.07) is 6.49. The van der Waals surface area contributed by atoms with Crippen molar-refractivity contribution in [2.75, 3.05) is 0 Å². The Labute approximate surface area is 133 Å². The van der Waals surface area contributed by atoms with Gasteiger partial charge in [-0.25, -0.2) is 0 Å². The van der Waals surface area contributed by atoms with Gasteiger partial charge >= 0.3 is 0 Å². The van der Waals surface area contributed by atoms with Crippen molar-refractivity contribution in [3.8, 4) is 24.7 Å². The second-order valence-electron chi connectivity index (χ2n) is 4.84. The van der Waals surface area contributed by atoms with Crippen molar-refractivity contribution >= 4 is 10.1 Å². The summed E-state index contributed by atoms with van der Waals surface area (Å²) < 4.78 is 28.4. The van der Waals surface area contributed by atoms with Crippen LogP contribution in [0.4, 0.5) is 0 Å². The monoisotopic (exact) mass is 322 g/mol. The second kappa shape index (κ2) is 10.0. The molecule has 4 nitrogen and oxygen atoms in total. The Morgan fingerprint density at radius 3 is 2.00 bits per heavy atom. The van der Waals surface area contributed by atoms with Gasteiger partial charge in [0.15, 0.2) is 0 Å². The van der Waals surface area contributed by atoms with Crippen molar-refractivity contribution in [1.82, 2.24) is 0 Å². The topological polar surface area (TPSA) is 63.6 Å². The third-order valence-electron chi connectivity index (χ3n) is 2.42. The summed E-state index contributed by atoms with van der Waals surface area (Å²) in [5.41, 5.74) is 0.996. The normalized spacial score (nSPS) is 13.0. The maximum atomic E-state index is 11.7. The highest BCUT2D eigenvalue weighted by Crippen LogP contribution is 2.15. The summed E-state index contributed by atoms with van der Waals surface area (Å²) in [6.07, 6.45) is 9.79. The molecule has 0 heterocycles. The minimum absolute atomic E-state index is 0.155. The van der Waals surface area contributed by atoms with Gasteiger partial charge in [0.05, 0.1) is 17.1 Å². The quantitative estimate of drug-likeness (QED) is 0.668. The van der Waals surface area contributed by atoms with E-state index in [1.165, 1.54) is 12.1 Å². The zero-order chi connectivity index (χ0) is 17.2. The van der Waals surface area contributed by atoms with Crippen LogP contribution in [0, 0.1) is 31.6 Å². The lowest BCUT2D eigenvalue weighted by atomic mass is 10.2. The molecule has 5 heteroatoms. The molecule has 0 fully saturated rings. The Balaban J connectivity index is 0.000000626. The highest BCUT2D eigenvalue weighted by atomic mass is 32.2. The number of hydrogen-bond donors (Lipinski definition) is 1. The van der Waals surface area contributed by atoms with E-state index in [4.69, 9.17) is 22.1 Å². The van der Waals surface area contributed by atoms with Crippen LogP contribution < -0.4 is 0 Å². The molecule has 120 valence electrons. The number of aliphatic hydroxyl groups excluding tert-OH is 1. The van der Waals surface area contributed by atoms with Crippen LogP contribution in [0.1, 0.15) is 32.3 Å². The molecule has 0 amide bonds. The first-order chi connectivity index (χ1) is 10.2. The fourth-order valence-corrected chi connectivity index (χ4v) is 2.43. The Morgan fingerprint density at radius 2 is 1.64 bits per heavy atom. The molecule has 0 aliphatic rings. The minimum atomic E-state index is -3.69. The van der Waals surface area contributed by atoms with Gasteiger partial charge in [-0.3, -0.25) is 4.18 Å². The minimum Gasteiger partial charge on any atom is -0.392 e. The van der Waals surface area contributed by atoms with E-state index in [2.05, 4.69) is 11.8 Å². The molecule has 1 aromatic rings. The van der Waals surface area contributed by atoms with Gasteiger partial charge in [-0.1, -0.05) is 17.7 Å². The van der Waals surface area contributed by atoms with Crippen LogP contribution in [0.5, 0.6) is 0 Å². The van der Waals surface area contributed by atoms with Crippen LogP contribution in [0.15, 0.2) is 29.2 Å². The summed E-state index contributed by atoms with van der Waals surface area (Å²) >= 11 is 0. The number of terminal acetylenes is 2. The number of benzene rings is 1. The van der Waals surface area contributed by atoms with Crippen molar-refractivity contribution in [3.63, 3.8) is 0 Å². The lowest BCUT2D eigenvalue weighted by Crippen LogP contribution is -2.15. The van der Waals surface area contributed by atoms with Crippen LogP contribution in [0.2, 0.25) is 0 Å². The van der Waals surface area contributed by atoms with E-state index >= 15 is 0 Å². The molecule has 2 atom stereocenters. The predicted octanol–water partition coefficient (Wildman–Crippen LogP) is 2.50. The zero-order valence-electron chi connectivity index (χ0n) is 13.1. The van der Waals surface area contributed by atoms with Gasteiger partial charge in [0.25, 0.3) is 10.1 Å². The summed E-state index contributed by atoms with van der Waals surface area (Å²) in [5, 5.41) is 8.41. The first-order valence-electron chi connectivity index (χ1n) is 6.78. The summed E-state index contributed by atoms with van der Waals surface area (Å²) in [7, 11) is -3.69. The molecule has 1 N–H and O–H groups in total. The molecule has 0 spiro atoms. The standard InChI is InChI=1S/C12H14O3S.C5H8O/c1-4-5-11(3)15-16(13,14)12-8-6-10(2)7-9-12;1-3-4-5(2)6/h1,6-9,11H,5H2,2-3H3;1,5-6H,4H2,2H3. The van der Waals surface area contributed by atoms with Crippen molar-refractivity contribution in [2.24, 2.45) is 0 Å². The molecule has 22 heavy (non-hydrogen) atoms. The van der Waals surface area contributed by atoms with Crippen LogP contribution in [0.25, 0.3) is 0 Å². The maximum absolute atomic E-state index is 11.7. The van der Waals surface area contributed by atoms with Gasteiger partial charge in [0.2, 0.25) is 0 Å². The number of rotatable bonds is 5. The van der Waals surface area contributed by atoms with Crippen molar-refractivity contribution in [1.29, 1.82) is 0 Å². The number of hydrogen-bond acceptors (Lipinski definition) is 4. The second-order valence-corrected chi connectivity index (χ2v) is 6.41. The van der Waals surface area contributed by atoms with Crippen molar-refractivity contribution < 1.29 is 17.7 Å². The molecule has 1 aromatic carbocycles. The van der Waals surface area contributed by atoms with Gasteiger partial charge in [0, 0.05) is 12.8 Å². The molecule has 0 radical (unpaired) electrons. The van der Waals surface area contributed by atoms with Crippen LogP contribution in [0.3, 0.4) is 0 Å². The van der Waals surface area contributed by atoms with Crippen LogP contribution in [-0.4, -0.2) is 25.7 Å². The zero-order valence-corrected chi connectivity index (χ0v) is 13.9. The Kier molecular flexibility index (Phi) is 9.21. The largest absolute Gasteiger partial charge is 0.392 e. The summed E-state index contributed by atoms with van der Waals surface area (Å²) in [6.45, 7) is 5.18. The summed E-state index contributed by atoms with van der Waals surface area (Å²) in [5.74, 6) is 4.68. The summed E-state index contributed by atoms with van der Waals surface area (Å²) in [4.78, 5) is 0.155. The molecule has 0 saturated heterocycles. The van der Waals surface area contributed by atoms with Crippen LogP contribution >= 0.6 is 0 Å². The van der Waals surface area contributed by atoms with E-state index in [1.807, 2.05) is 6.92 Å². The number of aryl methyl sites for hydroxylation is 1. The molecule has 0 aliphatic heterocycles. The Bertz CT molecular complexity index is 616. The van der Waals surface area contributed by atoms with Crippen LogP contribution in [-0.2, 0) is 14.3 Å². The smallest absolute Gasteiger partial charge is 0.297 e. The van der Waals surface area contributed by atoms with E-state index in [0.29, 0.717) is 6.42 Å². The Hall–Kier alpha value is -1.79. The predicted molar refractivity (Wildman–Crippen MR) is 87.5 cm³/mol. The third kappa shape index (κ3) is 8.49. The van der Waals surface area contributed by atoms with Gasteiger partial charge < -0.3 is 5.11 Å². The Morgan fingerprint density at radius 1 is 1.14 bits per heavy atom. The van der Waals surface area contributed by atoms with Gasteiger partial charge in [-0.05, 0) is 32.9 Å². The average Bonchev–Trinajstić information content (AvgIpc) is 2.39. The molecule has 0 aromatic heterocycles. The lowest BCUT2D eigenvalue weighted by Gasteiger charge is -2.10. The SMILES string of the molecule is C#CCC(C)O.C#CCC(C)OS(=O)(=O)c1ccc(C)cc1. The first-order valence-corrected chi connectivity index (χ1v) is 8.18. The highest BCUT2D eigenvalue weighted by Gasteiger charge is 2.18. The van der Waals surface area contributed by atoms with Gasteiger partial charge in [-0.15, -0.1) is 24.7 Å². The fourth-order valence-electron chi connectivity index (χ4n) is 1.35. The molecule has 0 bridgehead atoms. The third-order valence-corrected chi connectivity index (χ3v) is 3.85. The molecule has 1 rings (SSSR count). The van der Waals surface area contributed by atoms with Crippen molar-refractivity contribution in [2.45, 2.75) is 50.7 Å². The van der Waals surface area contributed by atoms with E-state index in [-0.39, 0.29) is 17.4 Å². The van der Waals surface area contributed by atoms with Gasteiger partial charge in [-0.2, -0.15) is 8.42 Å². The van der Waals surface area contributed by atoms with E-state index in [1.54, 1.807) is 26.0 Å². The van der Waals surface area contributed by atoms with Crippen molar-refractivity contribution in [3.05, 3.63) is 29.8 Å². The number of aliphatic hydroxyl groups is 1. The molecule has 2 unspecified atom stereocenters. The fraction of sp³-hybridized carbons (Fsp3) is 0.412. The first kappa shape index (κ1) is 20.2.